The summed E-state index contributed by atoms with van der Waals surface area (Å²) >= 11 is 0. The maximum Gasteiger partial charge on any atom is 0.318 e. The quantitative estimate of drug-likeness (QED) is 0.394. The van der Waals surface area contributed by atoms with Crippen LogP contribution in [-0.4, -0.2) is 67.5 Å². The molecule has 32 heavy (non-hydrogen) atoms. The fraction of sp³-hybridized carbons (Fsp3) is 1.00. The van der Waals surface area contributed by atoms with Crippen LogP contribution >= 0.6 is 0 Å². The van der Waals surface area contributed by atoms with Crippen LogP contribution in [0.2, 0.25) is 6.55 Å². The van der Waals surface area contributed by atoms with Gasteiger partial charge in [-0.2, -0.15) is 0 Å². The summed E-state index contributed by atoms with van der Waals surface area (Å²) in [5.41, 5.74) is 0.672. The van der Waals surface area contributed by atoms with E-state index in [1.165, 1.54) is 0 Å². The summed E-state index contributed by atoms with van der Waals surface area (Å²) in [5.74, 6) is 0.986. The van der Waals surface area contributed by atoms with Crippen molar-refractivity contribution in [2.45, 2.75) is 149 Å². The Labute approximate surface area is 202 Å². The van der Waals surface area contributed by atoms with Crippen molar-refractivity contribution >= 4 is 9.28 Å². The van der Waals surface area contributed by atoms with Crippen LogP contribution < -0.4 is 0 Å². The Morgan fingerprint density at radius 2 is 1.00 bits per heavy atom. The predicted octanol–water partition coefficient (Wildman–Crippen LogP) is 6.23. The summed E-state index contributed by atoms with van der Waals surface area (Å²) in [6, 6.07) is 0. The molecule has 0 amide bonds. The van der Waals surface area contributed by atoms with E-state index >= 15 is 0 Å². The largest absolute Gasteiger partial charge is 0.393 e. The van der Waals surface area contributed by atoms with E-state index < -0.39 is 9.28 Å². The summed E-state index contributed by atoms with van der Waals surface area (Å²) in [4.78, 5) is 5.30. The van der Waals surface area contributed by atoms with E-state index in [1.54, 1.807) is 0 Å². The first-order valence-electron chi connectivity index (χ1n) is 13.5. The molecule has 0 aromatic carbocycles. The number of hydrogen-bond donors (Lipinski definition) is 0. The number of likely N-dealkylation sites (tertiary alicyclic amines) is 2. The van der Waals surface area contributed by atoms with Crippen LogP contribution in [-0.2, 0) is 8.85 Å². The molecule has 0 radical (unpaired) electrons. The van der Waals surface area contributed by atoms with Crippen LogP contribution in [0, 0.1) is 11.8 Å². The normalized spacial score (nSPS) is 47.5. The zero-order valence-electron chi connectivity index (χ0n) is 23.8. The van der Waals surface area contributed by atoms with Crippen LogP contribution in [0.3, 0.4) is 0 Å². The lowest BCUT2D eigenvalue weighted by molar-refractivity contribution is -0.135. The van der Waals surface area contributed by atoms with Gasteiger partial charge in [-0.25, -0.2) is 0 Å². The first-order valence-corrected chi connectivity index (χ1v) is 15.6. The number of piperidine rings is 2. The molecule has 0 aromatic heterocycles. The number of hydrogen-bond acceptors (Lipinski definition) is 4. The van der Waals surface area contributed by atoms with Gasteiger partial charge in [-0.15, -0.1) is 0 Å². The minimum absolute atomic E-state index is 0.157. The van der Waals surface area contributed by atoms with Gasteiger partial charge in [0.05, 0.1) is 12.2 Å². The van der Waals surface area contributed by atoms with E-state index in [-0.39, 0.29) is 34.4 Å². The molecule has 190 valence electrons. The van der Waals surface area contributed by atoms with Crippen molar-refractivity contribution in [3.05, 3.63) is 0 Å². The van der Waals surface area contributed by atoms with Crippen LogP contribution in [0.4, 0.5) is 0 Å². The van der Waals surface area contributed by atoms with Crippen molar-refractivity contribution in [2.75, 3.05) is 14.1 Å². The van der Waals surface area contributed by atoms with Gasteiger partial charge in [0.2, 0.25) is 0 Å². The SMILES string of the molecule is CCC1(C)CC(O[SiH](C)OC2CC(C)(CC)N(C)C(C)(CC)C2C)C(C)C(C)(CC)N1C. The van der Waals surface area contributed by atoms with Crippen LogP contribution in [0.15, 0.2) is 0 Å². The zero-order valence-corrected chi connectivity index (χ0v) is 25.0. The third-order valence-corrected chi connectivity index (χ3v) is 12.7. The number of nitrogens with zero attached hydrogens (tertiary/aromatic N) is 2. The van der Waals surface area contributed by atoms with E-state index in [0.29, 0.717) is 11.8 Å². The summed E-state index contributed by atoms with van der Waals surface area (Å²) < 4.78 is 13.8. The highest BCUT2D eigenvalue weighted by atomic mass is 28.3. The molecule has 0 N–H and O–H groups in total. The second kappa shape index (κ2) is 9.97. The highest BCUT2D eigenvalue weighted by Crippen LogP contribution is 2.47. The fourth-order valence-electron chi connectivity index (χ4n) is 6.88. The van der Waals surface area contributed by atoms with Gasteiger partial charge in [0.25, 0.3) is 0 Å². The monoisotopic (exact) mass is 468 g/mol. The minimum Gasteiger partial charge on any atom is -0.393 e. The molecule has 2 aliphatic rings. The summed E-state index contributed by atoms with van der Waals surface area (Å²) in [5, 5.41) is 0. The second-order valence-corrected chi connectivity index (χ2v) is 13.8. The summed E-state index contributed by atoms with van der Waals surface area (Å²) in [7, 11) is 2.88. The predicted molar refractivity (Wildman–Crippen MR) is 141 cm³/mol. The van der Waals surface area contributed by atoms with Crippen LogP contribution in [0.1, 0.15) is 108 Å². The first kappa shape index (κ1) is 28.3. The Balaban J connectivity index is 2.21. The molecule has 5 heteroatoms. The maximum atomic E-state index is 6.90. The molecule has 0 aromatic rings. The van der Waals surface area contributed by atoms with E-state index in [1.807, 2.05) is 0 Å². The Bertz CT molecular complexity index is 583. The Morgan fingerprint density at radius 3 is 1.25 bits per heavy atom. The topological polar surface area (TPSA) is 24.9 Å². The average molecular weight is 469 g/mol. The van der Waals surface area contributed by atoms with Crippen LogP contribution in [0.5, 0.6) is 0 Å². The van der Waals surface area contributed by atoms with E-state index in [0.717, 1.165) is 38.5 Å². The van der Waals surface area contributed by atoms with Crippen LogP contribution in [0.25, 0.3) is 0 Å². The molecule has 0 saturated carbocycles. The van der Waals surface area contributed by atoms with Crippen molar-refractivity contribution < 1.29 is 8.85 Å². The molecule has 8 unspecified atom stereocenters. The van der Waals surface area contributed by atoms with Crippen molar-refractivity contribution in [1.82, 2.24) is 9.80 Å². The average Bonchev–Trinajstić information content (AvgIpc) is 2.78. The minimum atomic E-state index is -1.78. The maximum absolute atomic E-state index is 6.90. The molecule has 2 rings (SSSR count). The molecule has 8 atom stereocenters. The molecule has 0 aliphatic carbocycles. The lowest BCUT2D eigenvalue weighted by Gasteiger charge is -2.60. The van der Waals surface area contributed by atoms with Gasteiger partial charge < -0.3 is 8.85 Å². The van der Waals surface area contributed by atoms with E-state index in [2.05, 4.69) is 99.7 Å². The lowest BCUT2D eigenvalue weighted by Crippen LogP contribution is -2.68. The molecule has 0 spiro atoms. The molecular formula is C27H56N2O2Si. The van der Waals surface area contributed by atoms with Crippen molar-refractivity contribution in [2.24, 2.45) is 11.8 Å². The highest BCUT2D eigenvalue weighted by Gasteiger charge is 2.53. The molecule has 0 bridgehead atoms. The molecular weight excluding hydrogens is 412 g/mol. The van der Waals surface area contributed by atoms with E-state index in [9.17, 15) is 0 Å². The van der Waals surface area contributed by atoms with Gasteiger partial charge >= 0.3 is 9.28 Å². The summed E-state index contributed by atoms with van der Waals surface area (Å²) in [6.07, 6.45) is 7.34. The molecule has 2 saturated heterocycles. The molecule has 4 nitrogen and oxygen atoms in total. The second-order valence-electron chi connectivity index (χ2n) is 12.1. The highest BCUT2D eigenvalue weighted by molar-refractivity contribution is 6.42. The molecule has 2 heterocycles. The van der Waals surface area contributed by atoms with Gasteiger partial charge in [0, 0.05) is 22.2 Å². The third kappa shape index (κ3) is 4.63. The smallest absolute Gasteiger partial charge is 0.318 e. The molecule has 2 fully saturated rings. The van der Waals surface area contributed by atoms with Gasteiger partial charge in [0.1, 0.15) is 0 Å². The summed E-state index contributed by atoms with van der Waals surface area (Å²) in [6.45, 7) is 26.1. The Kier molecular flexibility index (Phi) is 8.81. The Morgan fingerprint density at radius 1 is 0.688 bits per heavy atom. The lowest BCUT2D eigenvalue weighted by atomic mass is 9.68. The van der Waals surface area contributed by atoms with Crippen molar-refractivity contribution in [3.63, 3.8) is 0 Å². The van der Waals surface area contributed by atoms with E-state index in [4.69, 9.17) is 8.85 Å². The van der Waals surface area contributed by atoms with Crippen molar-refractivity contribution in [3.8, 4) is 0 Å². The van der Waals surface area contributed by atoms with Gasteiger partial charge in [-0.05, 0) is 98.7 Å². The van der Waals surface area contributed by atoms with Gasteiger partial charge in [0.15, 0.2) is 0 Å². The van der Waals surface area contributed by atoms with Crippen molar-refractivity contribution in [1.29, 1.82) is 0 Å². The third-order valence-electron chi connectivity index (χ3n) is 11.2. The first-order chi connectivity index (χ1) is 14.7. The van der Waals surface area contributed by atoms with Gasteiger partial charge in [-0.1, -0.05) is 41.5 Å². The fourth-order valence-corrected chi connectivity index (χ4v) is 8.59. The molecule has 2 aliphatic heterocycles. The Hall–Kier alpha value is 0.0569. The van der Waals surface area contributed by atoms with Gasteiger partial charge in [-0.3, -0.25) is 9.80 Å². The standard InChI is InChI=1S/C27H56N2O2Si/c1-14-24(7)18-22(20(5)26(9,16-3)28(24)11)30-32(13)31-23-19-25(8,15-2)29(12)27(10,17-4)21(23)6/h20-23,32H,14-19H2,1-13H3. The number of rotatable bonds is 8. The zero-order chi connectivity index (χ0) is 24.7.